The Bertz CT molecular complexity index is 241. The summed E-state index contributed by atoms with van der Waals surface area (Å²) in [4.78, 5) is 0. The number of hydrogen-bond acceptors (Lipinski definition) is 2. The van der Waals surface area contributed by atoms with Crippen LogP contribution in [0, 0.1) is 5.41 Å². The average Bonchev–Trinajstić information content (AvgIpc) is 2.64. The van der Waals surface area contributed by atoms with E-state index in [4.69, 9.17) is 0 Å². The van der Waals surface area contributed by atoms with E-state index >= 15 is 0 Å². The molecule has 1 fully saturated rings. The van der Waals surface area contributed by atoms with E-state index in [9.17, 15) is 5.11 Å². The molecule has 0 bridgehead atoms. The average molecular weight is 195 g/mol. The van der Waals surface area contributed by atoms with Crippen molar-refractivity contribution in [2.24, 2.45) is 5.41 Å². The van der Waals surface area contributed by atoms with Gasteiger partial charge in [0.1, 0.15) is 0 Å². The minimum Gasteiger partial charge on any atom is -0.384 e. The third kappa shape index (κ3) is 1.86. The van der Waals surface area contributed by atoms with Crippen LogP contribution in [0.5, 0.6) is 0 Å². The molecule has 80 valence electrons. The first kappa shape index (κ1) is 10.2. The molecule has 2 nitrogen and oxygen atoms in total. The number of hydrogen-bond donors (Lipinski definition) is 2. The number of rotatable bonds is 1. The Hall–Kier alpha value is -0.340. The molecule has 2 atom stereocenters. The summed E-state index contributed by atoms with van der Waals surface area (Å²) in [6.07, 6.45) is 8.49. The molecule has 1 aliphatic carbocycles. The van der Waals surface area contributed by atoms with Gasteiger partial charge in [-0.25, -0.2) is 0 Å². The van der Waals surface area contributed by atoms with Crippen LogP contribution in [0.4, 0.5) is 0 Å². The van der Waals surface area contributed by atoms with Crippen LogP contribution in [0.15, 0.2) is 12.2 Å². The van der Waals surface area contributed by atoms with Crippen LogP contribution >= 0.6 is 0 Å². The molecule has 0 aromatic heterocycles. The van der Waals surface area contributed by atoms with Gasteiger partial charge in [0, 0.05) is 6.04 Å². The van der Waals surface area contributed by atoms with Gasteiger partial charge in [0.25, 0.3) is 0 Å². The van der Waals surface area contributed by atoms with Crippen LogP contribution in [0.2, 0.25) is 0 Å². The van der Waals surface area contributed by atoms with Crippen molar-refractivity contribution >= 4 is 0 Å². The van der Waals surface area contributed by atoms with E-state index in [-0.39, 0.29) is 11.5 Å². The molecule has 0 amide bonds. The topological polar surface area (TPSA) is 32.3 Å². The maximum Gasteiger partial charge on any atom is 0.0980 e. The van der Waals surface area contributed by atoms with Gasteiger partial charge in [-0.2, -0.15) is 0 Å². The highest BCUT2D eigenvalue weighted by Crippen LogP contribution is 2.37. The Morgan fingerprint density at radius 3 is 2.57 bits per heavy atom. The molecule has 0 saturated carbocycles. The van der Waals surface area contributed by atoms with Crippen molar-refractivity contribution in [2.45, 2.75) is 51.2 Å². The van der Waals surface area contributed by atoms with Gasteiger partial charge in [-0.05, 0) is 37.6 Å². The largest absolute Gasteiger partial charge is 0.384 e. The fraction of sp³-hybridized carbons (Fsp3) is 0.833. The van der Waals surface area contributed by atoms with Crippen molar-refractivity contribution in [3.63, 3.8) is 0 Å². The van der Waals surface area contributed by atoms with E-state index in [2.05, 4.69) is 25.2 Å². The zero-order chi connectivity index (χ0) is 10.2. The molecule has 14 heavy (non-hydrogen) atoms. The molecule has 0 aromatic carbocycles. The molecule has 2 heteroatoms. The van der Waals surface area contributed by atoms with Crippen molar-refractivity contribution < 1.29 is 5.11 Å². The lowest BCUT2D eigenvalue weighted by Crippen LogP contribution is -2.48. The molecule has 1 aliphatic heterocycles. The fourth-order valence-electron chi connectivity index (χ4n) is 2.46. The first-order valence-electron chi connectivity index (χ1n) is 5.68. The summed E-state index contributed by atoms with van der Waals surface area (Å²) >= 11 is 0. The van der Waals surface area contributed by atoms with Gasteiger partial charge in [-0.3, -0.25) is 0 Å². The van der Waals surface area contributed by atoms with Gasteiger partial charge in [-0.1, -0.05) is 26.0 Å². The summed E-state index contributed by atoms with van der Waals surface area (Å²) in [5.41, 5.74) is -0.309. The number of aliphatic hydroxyl groups is 1. The second-order valence-corrected chi connectivity index (χ2v) is 5.46. The molecule has 2 unspecified atom stereocenters. The first-order valence-corrected chi connectivity index (χ1v) is 5.68. The van der Waals surface area contributed by atoms with Gasteiger partial charge in [0.15, 0.2) is 0 Å². The summed E-state index contributed by atoms with van der Waals surface area (Å²) in [7, 11) is 0. The smallest absolute Gasteiger partial charge is 0.0980 e. The molecular formula is C12H21NO. The fourth-order valence-corrected chi connectivity index (χ4v) is 2.46. The molecule has 0 radical (unpaired) electrons. The summed E-state index contributed by atoms with van der Waals surface area (Å²) < 4.78 is 0. The van der Waals surface area contributed by atoms with Crippen molar-refractivity contribution in [2.75, 3.05) is 6.54 Å². The summed E-state index contributed by atoms with van der Waals surface area (Å²) in [6, 6.07) is 0.287. The number of nitrogens with one attached hydrogen (secondary N) is 1. The van der Waals surface area contributed by atoms with Gasteiger partial charge in [0.2, 0.25) is 0 Å². The maximum atomic E-state index is 10.5. The van der Waals surface area contributed by atoms with Crippen LogP contribution in [-0.4, -0.2) is 23.3 Å². The highest BCUT2D eigenvalue weighted by Gasteiger charge is 2.39. The van der Waals surface area contributed by atoms with E-state index in [1.165, 1.54) is 6.42 Å². The molecule has 2 N–H and O–H groups in total. The predicted octanol–water partition coefficient (Wildman–Crippen LogP) is 1.85. The van der Waals surface area contributed by atoms with Crippen molar-refractivity contribution in [3.05, 3.63) is 12.2 Å². The summed E-state index contributed by atoms with van der Waals surface area (Å²) in [6.45, 7) is 5.51. The Balaban J connectivity index is 2.10. The molecule has 1 heterocycles. The predicted molar refractivity (Wildman–Crippen MR) is 58.1 cm³/mol. The van der Waals surface area contributed by atoms with Crippen LogP contribution < -0.4 is 5.32 Å². The Morgan fingerprint density at radius 1 is 1.29 bits per heavy atom. The van der Waals surface area contributed by atoms with Crippen molar-refractivity contribution in [1.29, 1.82) is 0 Å². The lowest BCUT2D eigenvalue weighted by molar-refractivity contribution is 0.0291. The maximum absolute atomic E-state index is 10.5. The molecule has 0 spiro atoms. The van der Waals surface area contributed by atoms with Crippen LogP contribution in [-0.2, 0) is 0 Å². The second kappa shape index (κ2) is 3.35. The first-order chi connectivity index (χ1) is 6.52. The van der Waals surface area contributed by atoms with E-state index in [1.807, 2.05) is 6.08 Å². The van der Waals surface area contributed by atoms with E-state index in [0.717, 1.165) is 25.8 Å². The van der Waals surface area contributed by atoms with E-state index < -0.39 is 5.60 Å². The SMILES string of the molecule is CC1(C)C=CC(O)(C2CCCN2)CC1. The van der Waals surface area contributed by atoms with Crippen molar-refractivity contribution in [3.8, 4) is 0 Å². The highest BCUT2D eigenvalue weighted by atomic mass is 16.3. The standard InChI is InChI=1S/C12H21NO/c1-11(2)5-7-12(14,8-6-11)10-4-3-9-13-10/h5,7,10,13-14H,3-4,6,8-9H2,1-2H3. The molecule has 2 rings (SSSR count). The van der Waals surface area contributed by atoms with Crippen LogP contribution in [0.25, 0.3) is 0 Å². The van der Waals surface area contributed by atoms with E-state index in [0.29, 0.717) is 0 Å². The zero-order valence-electron chi connectivity index (χ0n) is 9.21. The lowest BCUT2D eigenvalue weighted by Gasteiger charge is -2.38. The van der Waals surface area contributed by atoms with Gasteiger partial charge in [-0.15, -0.1) is 0 Å². The number of allylic oxidation sites excluding steroid dienone is 1. The minimum absolute atomic E-state index is 0.269. The highest BCUT2D eigenvalue weighted by molar-refractivity contribution is 5.15. The van der Waals surface area contributed by atoms with Crippen LogP contribution in [0.3, 0.4) is 0 Å². The van der Waals surface area contributed by atoms with Gasteiger partial charge >= 0.3 is 0 Å². The third-order valence-corrected chi connectivity index (χ3v) is 3.66. The quantitative estimate of drug-likeness (QED) is 0.626. The zero-order valence-corrected chi connectivity index (χ0v) is 9.21. The molecule has 2 aliphatic rings. The minimum atomic E-state index is -0.577. The van der Waals surface area contributed by atoms with Gasteiger partial charge < -0.3 is 10.4 Å². The normalized spacial score (nSPS) is 41.5. The Labute approximate surface area is 86.4 Å². The van der Waals surface area contributed by atoms with Crippen LogP contribution in [0.1, 0.15) is 39.5 Å². The summed E-state index contributed by atoms with van der Waals surface area (Å²) in [5, 5.41) is 13.8. The lowest BCUT2D eigenvalue weighted by atomic mass is 9.74. The third-order valence-electron chi connectivity index (χ3n) is 3.66. The molecular weight excluding hydrogens is 174 g/mol. The monoisotopic (exact) mass is 195 g/mol. The van der Waals surface area contributed by atoms with E-state index in [1.54, 1.807) is 0 Å². The van der Waals surface area contributed by atoms with Crippen molar-refractivity contribution in [1.82, 2.24) is 5.32 Å². The molecule has 0 aromatic rings. The second-order valence-electron chi connectivity index (χ2n) is 5.46. The molecule has 1 saturated heterocycles. The Kier molecular flexibility index (Phi) is 2.44. The van der Waals surface area contributed by atoms with Gasteiger partial charge in [0.05, 0.1) is 5.60 Å². The Morgan fingerprint density at radius 2 is 2.07 bits per heavy atom. The summed E-state index contributed by atoms with van der Waals surface area (Å²) in [5.74, 6) is 0.